The maximum Gasteiger partial charge on any atom is 0.258 e. The molecule has 0 aliphatic rings. The molecule has 3 aromatic heterocycles. The number of hydrogen-bond donors (Lipinski definition) is 1. The van der Waals surface area contributed by atoms with Crippen LogP contribution in [-0.2, 0) is 0 Å². The second-order valence-electron chi connectivity index (χ2n) is 5.97. The van der Waals surface area contributed by atoms with Crippen molar-refractivity contribution in [3.05, 3.63) is 76.7 Å². The third kappa shape index (κ3) is 4.91. The highest BCUT2D eigenvalue weighted by molar-refractivity contribution is 6.31. The van der Waals surface area contributed by atoms with Gasteiger partial charge in [-0.3, -0.25) is 14.8 Å². The van der Waals surface area contributed by atoms with Crippen molar-refractivity contribution in [2.45, 2.75) is 20.3 Å². The number of oxime groups is 1. The summed E-state index contributed by atoms with van der Waals surface area (Å²) in [6, 6.07) is 4.98. The summed E-state index contributed by atoms with van der Waals surface area (Å²) in [5.74, 6) is -0.326. The van der Waals surface area contributed by atoms with Crippen LogP contribution in [0.15, 0.2) is 54.3 Å². The average molecular weight is 414 g/mol. The van der Waals surface area contributed by atoms with Gasteiger partial charge in [0, 0.05) is 42.0 Å². The molecule has 29 heavy (non-hydrogen) atoms. The van der Waals surface area contributed by atoms with Crippen LogP contribution >= 0.6 is 11.6 Å². The molecule has 7 nitrogen and oxygen atoms in total. The van der Waals surface area contributed by atoms with E-state index in [0.29, 0.717) is 28.7 Å². The van der Waals surface area contributed by atoms with Crippen LogP contribution in [0.5, 0.6) is 5.75 Å². The number of carbonyl (C=O) groups is 1. The quantitative estimate of drug-likeness (QED) is 0.477. The van der Waals surface area contributed by atoms with Crippen LogP contribution in [0.25, 0.3) is 0 Å². The lowest BCUT2D eigenvalue weighted by Crippen LogP contribution is -2.15. The number of rotatable bonds is 6. The van der Waals surface area contributed by atoms with E-state index in [4.69, 9.17) is 16.4 Å². The van der Waals surface area contributed by atoms with Crippen LogP contribution in [0.2, 0.25) is 5.02 Å². The normalized spacial score (nSPS) is 11.2. The number of halogens is 2. The Kier molecular flexibility index (Phi) is 6.46. The molecule has 3 aromatic rings. The van der Waals surface area contributed by atoms with Crippen molar-refractivity contribution in [2.24, 2.45) is 5.16 Å². The van der Waals surface area contributed by atoms with Gasteiger partial charge in [-0.05, 0) is 25.5 Å². The molecule has 0 aliphatic heterocycles. The van der Waals surface area contributed by atoms with E-state index in [2.05, 4.69) is 25.4 Å². The number of nitrogens with zero attached hydrogens (tertiary/aromatic N) is 4. The Morgan fingerprint density at radius 3 is 2.72 bits per heavy atom. The third-order valence-corrected chi connectivity index (χ3v) is 4.34. The Bertz CT molecular complexity index is 1060. The van der Waals surface area contributed by atoms with Crippen molar-refractivity contribution < 1.29 is 14.0 Å². The summed E-state index contributed by atoms with van der Waals surface area (Å²) in [6.07, 6.45) is 7.54. The van der Waals surface area contributed by atoms with Gasteiger partial charge < -0.3 is 10.2 Å². The first-order valence-electron chi connectivity index (χ1n) is 8.71. The third-order valence-electron chi connectivity index (χ3n) is 4.06. The summed E-state index contributed by atoms with van der Waals surface area (Å²) >= 11 is 6.00. The first kappa shape index (κ1) is 20.3. The topological polar surface area (TPSA) is 89.4 Å². The van der Waals surface area contributed by atoms with Crippen molar-refractivity contribution in [2.75, 3.05) is 5.32 Å². The molecule has 3 rings (SSSR count). The van der Waals surface area contributed by atoms with E-state index in [0.717, 1.165) is 11.8 Å². The highest BCUT2D eigenvalue weighted by Gasteiger charge is 2.13. The van der Waals surface area contributed by atoms with Crippen LogP contribution in [0.1, 0.15) is 34.8 Å². The van der Waals surface area contributed by atoms with Gasteiger partial charge in [0.25, 0.3) is 5.91 Å². The van der Waals surface area contributed by atoms with Gasteiger partial charge in [0.05, 0.1) is 17.5 Å². The fourth-order valence-electron chi connectivity index (χ4n) is 2.41. The number of anilines is 1. The first-order valence-corrected chi connectivity index (χ1v) is 9.08. The fourth-order valence-corrected chi connectivity index (χ4v) is 2.57. The minimum Gasteiger partial charge on any atom is -0.355 e. The SMILES string of the molecule is CCC(=NOc1ccncc1Cl)c1ccc(NC(=O)c2cncc(F)c2C)nc1. The molecule has 0 radical (unpaired) electrons. The van der Waals surface area contributed by atoms with Gasteiger partial charge in [-0.25, -0.2) is 9.37 Å². The van der Waals surface area contributed by atoms with E-state index in [1.54, 1.807) is 30.6 Å². The molecule has 0 aliphatic carbocycles. The molecule has 0 saturated heterocycles. The predicted octanol–water partition coefficient (Wildman–Crippen LogP) is 4.42. The van der Waals surface area contributed by atoms with E-state index >= 15 is 0 Å². The minimum absolute atomic E-state index is 0.148. The summed E-state index contributed by atoms with van der Waals surface area (Å²) in [5.41, 5.74) is 1.74. The van der Waals surface area contributed by atoms with Gasteiger partial charge in [-0.1, -0.05) is 23.7 Å². The summed E-state index contributed by atoms with van der Waals surface area (Å²) in [7, 11) is 0. The Hall–Kier alpha value is -3.39. The lowest BCUT2D eigenvalue weighted by molar-refractivity contribution is 0.102. The van der Waals surface area contributed by atoms with Gasteiger partial charge in [-0.2, -0.15) is 0 Å². The Morgan fingerprint density at radius 2 is 2.03 bits per heavy atom. The number of hydrogen-bond acceptors (Lipinski definition) is 6. The van der Waals surface area contributed by atoms with Crippen molar-refractivity contribution in [3.63, 3.8) is 0 Å². The zero-order valence-electron chi connectivity index (χ0n) is 15.7. The van der Waals surface area contributed by atoms with E-state index in [1.165, 1.54) is 19.3 Å². The Balaban J connectivity index is 1.73. The fraction of sp³-hybridized carbons (Fsp3) is 0.150. The van der Waals surface area contributed by atoms with Gasteiger partial charge in [-0.15, -0.1) is 0 Å². The maximum absolute atomic E-state index is 13.6. The van der Waals surface area contributed by atoms with Crippen molar-refractivity contribution in [1.82, 2.24) is 15.0 Å². The van der Waals surface area contributed by atoms with E-state index < -0.39 is 11.7 Å². The van der Waals surface area contributed by atoms with Gasteiger partial charge >= 0.3 is 0 Å². The molecular weight excluding hydrogens is 397 g/mol. The van der Waals surface area contributed by atoms with Crippen LogP contribution < -0.4 is 10.2 Å². The van der Waals surface area contributed by atoms with Gasteiger partial charge in [0.1, 0.15) is 16.7 Å². The molecule has 0 saturated carbocycles. The first-order chi connectivity index (χ1) is 14.0. The van der Waals surface area contributed by atoms with Gasteiger partial charge in [0.15, 0.2) is 5.75 Å². The molecular formula is C20H17ClFN5O2. The predicted molar refractivity (Wildman–Crippen MR) is 108 cm³/mol. The molecule has 3 heterocycles. The Morgan fingerprint density at radius 1 is 1.21 bits per heavy atom. The maximum atomic E-state index is 13.6. The zero-order chi connectivity index (χ0) is 20.8. The van der Waals surface area contributed by atoms with Gasteiger partial charge in [0.2, 0.25) is 0 Å². The molecule has 0 unspecified atom stereocenters. The van der Waals surface area contributed by atoms with Crippen LogP contribution in [0.4, 0.5) is 10.2 Å². The summed E-state index contributed by atoms with van der Waals surface area (Å²) < 4.78 is 13.6. The molecule has 9 heteroatoms. The molecule has 148 valence electrons. The molecule has 0 bridgehead atoms. The van der Waals surface area contributed by atoms with Crippen LogP contribution in [0, 0.1) is 12.7 Å². The number of aromatic nitrogens is 3. The highest BCUT2D eigenvalue weighted by Crippen LogP contribution is 2.22. The summed E-state index contributed by atoms with van der Waals surface area (Å²) in [6.45, 7) is 3.44. The van der Waals surface area contributed by atoms with Crippen LogP contribution in [0.3, 0.4) is 0 Å². The molecule has 0 spiro atoms. The second kappa shape index (κ2) is 9.20. The Labute approximate surface area is 171 Å². The molecule has 0 aromatic carbocycles. The van der Waals surface area contributed by atoms with Crippen molar-refractivity contribution in [3.8, 4) is 5.75 Å². The number of pyridine rings is 3. The second-order valence-corrected chi connectivity index (χ2v) is 6.38. The zero-order valence-corrected chi connectivity index (χ0v) is 16.4. The molecule has 0 fully saturated rings. The standard InChI is InChI=1S/C20H17ClFN5O2/c1-3-17(27-29-18-6-7-23-10-15(18)21)13-4-5-19(25-8-13)26-20(28)14-9-24-11-16(22)12(14)2/h4-11H,3H2,1-2H3,(H,25,26,28). The monoisotopic (exact) mass is 413 g/mol. The lowest BCUT2D eigenvalue weighted by atomic mass is 10.1. The molecule has 1 N–H and O–H groups in total. The average Bonchev–Trinajstić information content (AvgIpc) is 2.72. The lowest BCUT2D eigenvalue weighted by Gasteiger charge is -2.09. The molecule has 0 atom stereocenters. The van der Waals surface area contributed by atoms with Crippen LogP contribution in [-0.4, -0.2) is 26.6 Å². The summed E-state index contributed by atoms with van der Waals surface area (Å²) in [4.78, 5) is 29.5. The molecule has 1 amide bonds. The van der Waals surface area contributed by atoms with E-state index in [-0.39, 0.29) is 11.1 Å². The van der Waals surface area contributed by atoms with Crippen molar-refractivity contribution >= 4 is 29.0 Å². The van der Waals surface area contributed by atoms with E-state index in [9.17, 15) is 9.18 Å². The number of nitrogens with one attached hydrogen (secondary N) is 1. The number of carbonyl (C=O) groups excluding carboxylic acids is 1. The highest BCUT2D eigenvalue weighted by atomic mass is 35.5. The number of amides is 1. The largest absolute Gasteiger partial charge is 0.355 e. The van der Waals surface area contributed by atoms with Crippen molar-refractivity contribution in [1.29, 1.82) is 0 Å². The smallest absolute Gasteiger partial charge is 0.258 e. The van der Waals surface area contributed by atoms with E-state index in [1.807, 2.05) is 6.92 Å². The summed E-state index contributed by atoms with van der Waals surface area (Å²) in [5, 5.41) is 7.11. The minimum atomic E-state index is -0.543.